The van der Waals surface area contributed by atoms with E-state index in [1.54, 1.807) is 0 Å². The van der Waals surface area contributed by atoms with Gasteiger partial charge in [-0.2, -0.15) is 0 Å². The molecule has 11 heteroatoms. The highest BCUT2D eigenvalue weighted by Gasteiger charge is 2.25. The zero-order chi connectivity index (χ0) is 18.6. The third-order valence-corrected chi connectivity index (χ3v) is 3.42. The van der Waals surface area contributed by atoms with Crippen LogP contribution in [0.2, 0.25) is 0 Å². The van der Waals surface area contributed by atoms with Gasteiger partial charge in [0.2, 0.25) is 5.91 Å². The van der Waals surface area contributed by atoms with E-state index in [0.29, 0.717) is 12.8 Å². The summed E-state index contributed by atoms with van der Waals surface area (Å²) in [6, 6.07) is 0. The van der Waals surface area contributed by atoms with Crippen molar-refractivity contribution in [3.63, 3.8) is 0 Å². The summed E-state index contributed by atoms with van der Waals surface area (Å²) in [7, 11) is -4.37. The van der Waals surface area contributed by atoms with E-state index in [-0.39, 0.29) is 25.7 Å². The van der Waals surface area contributed by atoms with Crippen molar-refractivity contribution in [2.24, 2.45) is 0 Å². The summed E-state index contributed by atoms with van der Waals surface area (Å²) in [6.45, 7) is 3.54. The molecule has 0 aliphatic carbocycles. The van der Waals surface area contributed by atoms with Crippen LogP contribution in [0.25, 0.3) is 0 Å². The van der Waals surface area contributed by atoms with Gasteiger partial charge in [-0.15, -0.1) is 0 Å². The topological polar surface area (TPSA) is 141 Å². The van der Waals surface area contributed by atoms with E-state index in [2.05, 4.69) is 9.84 Å². The number of carbonyl (C=O) groups is 2. The number of amides is 1. The molecule has 0 spiro atoms. The van der Waals surface area contributed by atoms with Crippen molar-refractivity contribution in [1.82, 2.24) is 5.32 Å². The third-order valence-electron chi connectivity index (χ3n) is 2.44. The molecule has 0 rings (SSSR count). The Morgan fingerprint density at radius 2 is 1.92 bits per heavy atom. The molecule has 3 N–H and O–H groups in total. The van der Waals surface area contributed by atoms with Crippen molar-refractivity contribution in [1.29, 1.82) is 0 Å². The summed E-state index contributed by atoms with van der Waals surface area (Å²) >= 11 is 0. The Morgan fingerprint density at radius 3 is 2.46 bits per heavy atom. The summed E-state index contributed by atoms with van der Waals surface area (Å²) in [6.07, 6.45) is -1.02. The number of phosphoric acid groups is 1. The molecular formula is C13H26NO9P. The minimum atomic E-state index is -4.37. The second kappa shape index (κ2) is 12.3. The molecule has 0 fully saturated rings. The SMILES string of the molecule is CCCC(=O)NCCOP(=O)(O)OC[C@@H](COC(C)O)OC(C)=O. The number of aliphatic hydroxyl groups is 1. The number of esters is 1. The fourth-order valence-corrected chi connectivity index (χ4v) is 2.23. The minimum Gasteiger partial charge on any atom is -0.458 e. The lowest BCUT2D eigenvalue weighted by atomic mass is 10.3. The van der Waals surface area contributed by atoms with Crippen molar-refractivity contribution in [3.05, 3.63) is 0 Å². The second-order valence-electron chi connectivity index (χ2n) is 4.86. The first kappa shape index (κ1) is 23.0. The molecule has 24 heavy (non-hydrogen) atoms. The Balaban J connectivity index is 4.17. The van der Waals surface area contributed by atoms with Crippen LogP contribution in [0.15, 0.2) is 0 Å². The molecule has 0 aromatic carbocycles. The highest BCUT2D eigenvalue weighted by atomic mass is 31.2. The normalized spacial score (nSPS) is 16.0. The molecule has 0 aromatic rings. The average molecular weight is 371 g/mol. The lowest BCUT2D eigenvalue weighted by Gasteiger charge is -2.19. The largest absolute Gasteiger partial charge is 0.472 e. The van der Waals surface area contributed by atoms with Gasteiger partial charge in [-0.05, 0) is 13.3 Å². The van der Waals surface area contributed by atoms with Crippen LogP contribution in [0.3, 0.4) is 0 Å². The zero-order valence-electron chi connectivity index (χ0n) is 14.1. The molecule has 0 aliphatic heterocycles. The lowest BCUT2D eigenvalue weighted by molar-refractivity contribution is -0.161. The Morgan fingerprint density at radius 1 is 1.25 bits per heavy atom. The van der Waals surface area contributed by atoms with Crippen LogP contribution in [0.1, 0.15) is 33.6 Å². The van der Waals surface area contributed by atoms with Crippen LogP contribution < -0.4 is 5.32 Å². The average Bonchev–Trinajstić information content (AvgIpc) is 2.46. The van der Waals surface area contributed by atoms with Crippen LogP contribution in [0.5, 0.6) is 0 Å². The van der Waals surface area contributed by atoms with Gasteiger partial charge in [-0.3, -0.25) is 18.6 Å². The minimum absolute atomic E-state index is 0.0608. The molecule has 10 nitrogen and oxygen atoms in total. The standard InChI is InChI=1S/C13H26NO9P/c1-4-5-13(17)14-6-7-21-24(18,19)22-9-12(23-11(3)16)8-20-10(2)15/h10,12,15H,4-9H2,1-3H3,(H,14,17)(H,18,19)/t10?,12-/m1/s1. The molecular weight excluding hydrogens is 345 g/mol. The van der Waals surface area contributed by atoms with Crippen LogP contribution in [-0.2, 0) is 32.7 Å². The summed E-state index contributed by atoms with van der Waals surface area (Å²) in [5.41, 5.74) is 0. The van der Waals surface area contributed by atoms with Crippen molar-refractivity contribution in [2.75, 3.05) is 26.4 Å². The van der Waals surface area contributed by atoms with E-state index in [1.165, 1.54) is 6.92 Å². The maximum Gasteiger partial charge on any atom is 0.472 e. The van der Waals surface area contributed by atoms with Gasteiger partial charge in [0.05, 0.1) is 19.8 Å². The van der Waals surface area contributed by atoms with Gasteiger partial charge in [-0.25, -0.2) is 4.57 Å². The summed E-state index contributed by atoms with van der Waals surface area (Å²) in [5, 5.41) is 11.5. The Kier molecular flexibility index (Phi) is 11.8. The maximum atomic E-state index is 11.7. The Bertz CT molecular complexity index is 430. The summed E-state index contributed by atoms with van der Waals surface area (Å²) in [4.78, 5) is 31.7. The van der Waals surface area contributed by atoms with Crippen LogP contribution in [-0.4, -0.2) is 60.6 Å². The van der Waals surface area contributed by atoms with E-state index in [9.17, 15) is 19.0 Å². The molecule has 0 bridgehead atoms. The van der Waals surface area contributed by atoms with Gasteiger partial charge in [-0.1, -0.05) is 6.92 Å². The van der Waals surface area contributed by atoms with Crippen molar-refractivity contribution < 1.29 is 42.7 Å². The number of ether oxygens (including phenoxy) is 2. The van der Waals surface area contributed by atoms with Gasteiger partial charge in [0, 0.05) is 19.9 Å². The number of rotatable bonds is 13. The van der Waals surface area contributed by atoms with Crippen LogP contribution in [0, 0.1) is 0 Å². The first-order valence-electron chi connectivity index (χ1n) is 7.51. The van der Waals surface area contributed by atoms with Gasteiger partial charge in [0.1, 0.15) is 6.10 Å². The Labute approximate surface area is 141 Å². The molecule has 0 aliphatic rings. The lowest BCUT2D eigenvalue weighted by Crippen LogP contribution is -2.29. The molecule has 1 amide bonds. The maximum absolute atomic E-state index is 11.7. The van der Waals surface area contributed by atoms with Gasteiger partial charge in [0.15, 0.2) is 6.29 Å². The predicted molar refractivity (Wildman–Crippen MR) is 82.8 cm³/mol. The number of aliphatic hydroxyl groups excluding tert-OH is 1. The molecule has 3 atom stereocenters. The monoisotopic (exact) mass is 371 g/mol. The van der Waals surface area contributed by atoms with E-state index in [1.807, 2.05) is 6.92 Å². The van der Waals surface area contributed by atoms with E-state index in [4.69, 9.17) is 19.1 Å². The highest BCUT2D eigenvalue weighted by molar-refractivity contribution is 7.47. The quantitative estimate of drug-likeness (QED) is 0.181. The second-order valence-corrected chi connectivity index (χ2v) is 6.32. The molecule has 0 aromatic heterocycles. The third kappa shape index (κ3) is 13.4. The number of hydrogen-bond acceptors (Lipinski definition) is 8. The van der Waals surface area contributed by atoms with Gasteiger partial charge in [0.25, 0.3) is 0 Å². The number of carbonyl (C=O) groups excluding carboxylic acids is 2. The van der Waals surface area contributed by atoms with E-state index >= 15 is 0 Å². The van der Waals surface area contributed by atoms with Gasteiger partial charge >= 0.3 is 13.8 Å². The number of nitrogens with one attached hydrogen (secondary N) is 1. The van der Waals surface area contributed by atoms with Crippen LogP contribution in [0.4, 0.5) is 0 Å². The Hall–Kier alpha value is -1.03. The van der Waals surface area contributed by atoms with Crippen LogP contribution >= 0.6 is 7.82 Å². The molecule has 0 radical (unpaired) electrons. The molecule has 2 unspecified atom stereocenters. The summed E-state index contributed by atoms with van der Waals surface area (Å²) < 4.78 is 30.8. The number of hydrogen-bond donors (Lipinski definition) is 3. The predicted octanol–water partition coefficient (Wildman–Crippen LogP) is 0.323. The van der Waals surface area contributed by atoms with E-state index in [0.717, 1.165) is 6.92 Å². The molecule has 142 valence electrons. The van der Waals surface area contributed by atoms with Crippen molar-refractivity contribution >= 4 is 19.7 Å². The first-order valence-corrected chi connectivity index (χ1v) is 9.01. The number of phosphoric ester groups is 1. The molecule has 0 saturated heterocycles. The van der Waals surface area contributed by atoms with Crippen molar-refractivity contribution in [3.8, 4) is 0 Å². The fraction of sp³-hybridized carbons (Fsp3) is 0.846. The summed E-state index contributed by atoms with van der Waals surface area (Å²) in [5.74, 6) is -0.815. The molecule has 0 heterocycles. The van der Waals surface area contributed by atoms with Gasteiger partial charge < -0.3 is 24.8 Å². The smallest absolute Gasteiger partial charge is 0.458 e. The fourth-order valence-electron chi connectivity index (χ4n) is 1.48. The van der Waals surface area contributed by atoms with E-state index < -0.39 is 32.8 Å². The van der Waals surface area contributed by atoms with Crippen molar-refractivity contribution in [2.45, 2.75) is 46.0 Å². The first-order chi connectivity index (χ1) is 11.2. The molecule has 0 saturated carbocycles. The highest BCUT2D eigenvalue weighted by Crippen LogP contribution is 2.43. The zero-order valence-corrected chi connectivity index (χ0v) is 15.0.